The molecule has 0 aliphatic carbocycles. The van der Waals surface area contributed by atoms with Gasteiger partial charge in [0.25, 0.3) is 0 Å². The first kappa shape index (κ1) is 6.99. The highest BCUT2D eigenvalue weighted by Gasteiger charge is 2.13. The van der Waals surface area contributed by atoms with E-state index < -0.39 is 0 Å². The summed E-state index contributed by atoms with van der Waals surface area (Å²) in [5.41, 5.74) is 0. The van der Waals surface area contributed by atoms with E-state index in [1.54, 1.807) is 0 Å². The molecule has 1 heterocycles. The van der Waals surface area contributed by atoms with Gasteiger partial charge < -0.3 is 15.5 Å². The Hall–Kier alpha value is -0.120. The normalized spacial score (nSPS) is 38.0. The molecule has 3 nitrogen and oxygen atoms in total. The Morgan fingerprint density at radius 3 is 1.89 bits per heavy atom. The van der Waals surface area contributed by atoms with Crippen LogP contribution in [0, 0.1) is 0 Å². The molecule has 2 unspecified atom stereocenters. The summed E-state index contributed by atoms with van der Waals surface area (Å²) < 4.78 is 0. The van der Waals surface area contributed by atoms with E-state index in [1.165, 1.54) is 0 Å². The van der Waals surface area contributed by atoms with Gasteiger partial charge in [-0.05, 0) is 12.8 Å². The summed E-state index contributed by atoms with van der Waals surface area (Å²) in [7, 11) is 0. The lowest BCUT2D eigenvalue weighted by atomic mass is 10.1. The second kappa shape index (κ2) is 3.15. The van der Waals surface area contributed by atoms with Crippen molar-refractivity contribution in [3.05, 3.63) is 0 Å². The van der Waals surface area contributed by atoms with Crippen LogP contribution in [0.1, 0.15) is 12.8 Å². The van der Waals surface area contributed by atoms with Crippen molar-refractivity contribution in [1.29, 1.82) is 0 Å². The minimum Gasteiger partial charge on any atom is -0.392 e. The lowest BCUT2D eigenvalue weighted by molar-refractivity contribution is 0.144. The summed E-state index contributed by atoms with van der Waals surface area (Å²) >= 11 is 0. The van der Waals surface area contributed by atoms with Crippen LogP contribution in [0.2, 0.25) is 0 Å². The van der Waals surface area contributed by atoms with E-state index in [1.807, 2.05) is 0 Å². The number of aliphatic hydroxyl groups excluding tert-OH is 2. The second-order valence-corrected chi connectivity index (χ2v) is 2.54. The average molecular weight is 131 g/mol. The van der Waals surface area contributed by atoms with Gasteiger partial charge in [-0.1, -0.05) is 0 Å². The van der Waals surface area contributed by atoms with Gasteiger partial charge in [0.2, 0.25) is 0 Å². The Kier molecular flexibility index (Phi) is 2.45. The molecule has 2 atom stereocenters. The van der Waals surface area contributed by atoms with Gasteiger partial charge in [-0.25, -0.2) is 0 Å². The third-order valence-electron chi connectivity index (χ3n) is 1.59. The molecule has 0 spiro atoms. The van der Waals surface area contributed by atoms with Crippen LogP contribution in [0.15, 0.2) is 0 Å². The third kappa shape index (κ3) is 2.30. The lowest BCUT2D eigenvalue weighted by Gasteiger charge is -2.03. The van der Waals surface area contributed by atoms with Crippen LogP contribution in [0.4, 0.5) is 0 Å². The minimum atomic E-state index is -0.262. The molecule has 1 aliphatic rings. The molecule has 1 aliphatic heterocycles. The zero-order valence-corrected chi connectivity index (χ0v) is 5.38. The highest BCUT2D eigenvalue weighted by molar-refractivity contribution is 4.70. The Labute approximate surface area is 54.7 Å². The second-order valence-electron chi connectivity index (χ2n) is 2.54. The summed E-state index contributed by atoms with van der Waals surface area (Å²) in [4.78, 5) is 0. The summed E-state index contributed by atoms with van der Waals surface area (Å²) in [5, 5.41) is 21.0. The Morgan fingerprint density at radius 1 is 1.00 bits per heavy atom. The fourth-order valence-electron chi connectivity index (χ4n) is 1.01. The molecule has 0 saturated carbocycles. The van der Waals surface area contributed by atoms with Crippen LogP contribution in [0.5, 0.6) is 0 Å². The molecule has 3 N–H and O–H groups in total. The number of rotatable bonds is 0. The third-order valence-corrected chi connectivity index (χ3v) is 1.59. The quantitative estimate of drug-likeness (QED) is 0.399. The maximum absolute atomic E-state index is 9.03. The van der Waals surface area contributed by atoms with Crippen molar-refractivity contribution in [2.45, 2.75) is 25.0 Å². The van der Waals surface area contributed by atoms with Crippen molar-refractivity contribution < 1.29 is 10.2 Å². The molecular formula is C6H13NO2. The summed E-state index contributed by atoms with van der Waals surface area (Å²) in [6.45, 7) is 1.24. The highest BCUT2D eigenvalue weighted by Crippen LogP contribution is 2.03. The molecule has 1 saturated heterocycles. The fourth-order valence-corrected chi connectivity index (χ4v) is 1.01. The number of nitrogens with one attached hydrogen (secondary N) is 1. The number of aliphatic hydroxyl groups is 2. The number of β-amino-alcohol motifs (C(OH)–C–C–N with tert-alkyl or cyclic N) is 2. The van der Waals surface area contributed by atoms with Gasteiger partial charge in [-0.2, -0.15) is 0 Å². The average Bonchev–Trinajstić information content (AvgIpc) is 1.97. The molecule has 0 aromatic rings. The zero-order valence-electron chi connectivity index (χ0n) is 5.38. The SMILES string of the molecule is OC1CCC(O)CNC1. The number of hydrogen-bond acceptors (Lipinski definition) is 3. The summed E-state index contributed by atoms with van der Waals surface area (Å²) in [6.07, 6.45) is 0.909. The fraction of sp³-hybridized carbons (Fsp3) is 1.00. The molecular weight excluding hydrogens is 118 g/mol. The molecule has 0 radical (unpaired) electrons. The molecule has 54 valence electrons. The van der Waals surface area contributed by atoms with E-state index in [2.05, 4.69) is 5.32 Å². The van der Waals surface area contributed by atoms with Gasteiger partial charge in [0, 0.05) is 13.1 Å². The zero-order chi connectivity index (χ0) is 6.69. The number of hydrogen-bond donors (Lipinski definition) is 3. The molecule has 1 rings (SSSR count). The Morgan fingerprint density at radius 2 is 1.44 bits per heavy atom. The monoisotopic (exact) mass is 131 g/mol. The van der Waals surface area contributed by atoms with Gasteiger partial charge in [-0.3, -0.25) is 0 Å². The summed E-state index contributed by atoms with van der Waals surface area (Å²) in [5.74, 6) is 0. The van der Waals surface area contributed by atoms with Crippen molar-refractivity contribution >= 4 is 0 Å². The molecule has 1 fully saturated rings. The summed E-state index contributed by atoms with van der Waals surface area (Å²) in [6, 6.07) is 0. The van der Waals surface area contributed by atoms with Crippen molar-refractivity contribution in [2.24, 2.45) is 0 Å². The van der Waals surface area contributed by atoms with E-state index in [0.717, 1.165) is 0 Å². The van der Waals surface area contributed by atoms with Crippen LogP contribution in [0.3, 0.4) is 0 Å². The largest absolute Gasteiger partial charge is 0.392 e. The van der Waals surface area contributed by atoms with Gasteiger partial charge in [0.1, 0.15) is 0 Å². The Balaban J connectivity index is 2.25. The van der Waals surface area contributed by atoms with Crippen LogP contribution < -0.4 is 5.32 Å². The van der Waals surface area contributed by atoms with E-state index in [4.69, 9.17) is 10.2 Å². The van der Waals surface area contributed by atoms with Crippen molar-refractivity contribution in [3.63, 3.8) is 0 Å². The molecule has 0 amide bonds. The van der Waals surface area contributed by atoms with Gasteiger partial charge in [-0.15, -0.1) is 0 Å². The van der Waals surface area contributed by atoms with Crippen LogP contribution in [-0.2, 0) is 0 Å². The van der Waals surface area contributed by atoms with E-state index >= 15 is 0 Å². The van der Waals surface area contributed by atoms with E-state index in [0.29, 0.717) is 25.9 Å². The topological polar surface area (TPSA) is 52.5 Å². The standard InChI is InChI=1S/C6H13NO2/c8-5-1-2-6(9)4-7-3-5/h5-9H,1-4H2. The maximum atomic E-state index is 9.03. The first-order chi connectivity index (χ1) is 4.29. The van der Waals surface area contributed by atoms with Crippen molar-refractivity contribution in [1.82, 2.24) is 5.32 Å². The predicted octanol–water partition coefficient (Wildman–Crippen LogP) is -0.908. The van der Waals surface area contributed by atoms with Crippen LogP contribution >= 0.6 is 0 Å². The molecule has 3 heteroatoms. The van der Waals surface area contributed by atoms with E-state index in [9.17, 15) is 0 Å². The van der Waals surface area contributed by atoms with Gasteiger partial charge >= 0.3 is 0 Å². The molecule has 0 aromatic heterocycles. The minimum absolute atomic E-state index is 0.262. The smallest absolute Gasteiger partial charge is 0.0665 e. The molecule has 9 heavy (non-hydrogen) atoms. The van der Waals surface area contributed by atoms with Gasteiger partial charge in [0.15, 0.2) is 0 Å². The maximum Gasteiger partial charge on any atom is 0.0665 e. The molecule has 0 bridgehead atoms. The first-order valence-electron chi connectivity index (χ1n) is 3.36. The molecule has 0 aromatic carbocycles. The lowest BCUT2D eigenvalue weighted by Crippen LogP contribution is -2.27. The van der Waals surface area contributed by atoms with Crippen LogP contribution in [0.25, 0.3) is 0 Å². The van der Waals surface area contributed by atoms with Crippen molar-refractivity contribution in [2.75, 3.05) is 13.1 Å². The Bertz CT molecular complexity index is 77.1. The van der Waals surface area contributed by atoms with Crippen LogP contribution in [-0.4, -0.2) is 35.5 Å². The van der Waals surface area contributed by atoms with E-state index in [-0.39, 0.29) is 12.2 Å². The first-order valence-corrected chi connectivity index (χ1v) is 3.36. The van der Waals surface area contributed by atoms with Gasteiger partial charge in [0.05, 0.1) is 12.2 Å². The highest BCUT2D eigenvalue weighted by atomic mass is 16.3. The van der Waals surface area contributed by atoms with Crippen molar-refractivity contribution in [3.8, 4) is 0 Å². The predicted molar refractivity (Wildman–Crippen MR) is 34.1 cm³/mol.